The van der Waals surface area contributed by atoms with Crippen molar-refractivity contribution in [2.75, 3.05) is 24.4 Å². The third-order valence-corrected chi connectivity index (χ3v) is 4.71. The maximum absolute atomic E-state index is 6.08. The second-order valence-corrected chi connectivity index (χ2v) is 5.86. The van der Waals surface area contributed by atoms with Crippen molar-refractivity contribution in [1.82, 2.24) is 0 Å². The van der Waals surface area contributed by atoms with Crippen molar-refractivity contribution in [3.8, 4) is 0 Å². The minimum absolute atomic E-state index is 0. The number of benzene rings is 1. The van der Waals surface area contributed by atoms with E-state index in [1.165, 1.54) is 16.1 Å². The maximum atomic E-state index is 6.08. The lowest BCUT2D eigenvalue weighted by molar-refractivity contribution is 0.708. The molecule has 0 N–H and O–H groups in total. The van der Waals surface area contributed by atoms with E-state index in [0.717, 1.165) is 12.3 Å². The van der Waals surface area contributed by atoms with Crippen molar-refractivity contribution in [2.24, 2.45) is 4.99 Å². The van der Waals surface area contributed by atoms with Gasteiger partial charge in [-0.2, -0.15) is 0 Å². The van der Waals surface area contributed by atoms with Crippen LogP contribution in [0.5, 0.6) is 0 Å². The normalized spacial score (nSPS) is 17.8. The molecule has 1 aromatic heterocycles. The number of thiophene rings is 1. The van der Waals surface area contributed by atoms with Gasteiger partial charge in [0.2, 0.25) is 0 Å². The van der Waals surface area contributed by atoms with Gasteiger partial charge in [0.15, 0.2) is 0 Å². The molecule has 0 aliphatic carbocycles. The maximum Gasteiger partial charge on any atom is 0.0840 e. The number of alkyl halides is 1. The molecule has 0 amide bonds. The van der Waals surface area contributed by atoms with Gasteiger partial charge in [-0.05, 0) is 17.5 Å². The van der Waals surface area contributed by atoms with E-state index in [2.05, 4.69) is 53.7 Å². The molecule has 0 radical (unpaired) electrons. The highest BCUT2D eigenvalue weighted by Gasteiger charge is 2.23. The summed E-state index contributed by atoms with van der Waals surface area (Å²) in [5.41, 5.74) is 3.49. The number of anilines is 1. The van der Waals surface area contributed by atoms with Crippen molar-refractivity contribution in [3.05, 3.63) is 52.2 Å². The lowest BCUT2D eigenvalue weighted by Crippen LogP contribution is -2.35. The summed E-state index contributed by atoms with van der Waals surface area (Å²) in [7, 11) is 2.10. The smallest absolute Gasteiger partial charge is 0.0840 e. The second-order valence-electron chi connectivity index (χ2n) is 4.60. The van der Waals surface area contributed by atoms with Crippen LogP contribution in [-0.2, 0) is 0 Å². The molecule has 106 valence electrons. The van der Waals surface area contributed by atoms with Crippen LogP contribution in [0.3, 0.4) is 0 Å². The molecule has 0 bridgehead atoms. The molecule has 3 rings (SSSR count). The second kappa shape index (κ2) is 6.61. The third kappa shape index (κ3) is 2.71. The highest BCUT2D eigenvalue weighted by molar-refractivity contribution is 7.12. The van der Waals surface area contributed by atoms with Crippen molar-refractivity contribution in [3.63, 3.8) is 0 Å². The zero-order valence-electron chi connectivity index (χ0n) is 11.1. The highest BCUT2D eigenvalue weighted by atomic mass is 35.5. The van der Waals surface area contributed by atoms with Gasteiger partial charge in [-0.3, -0.25) is 4.99 Å². The Morgan fingerprint density at radius 3 is 2.80 bits per heavy atom. The first-order valence-corrected chi connectivity index (χ1v) is 7.69. The third-order valence-electron chi connectivity index (χ3n) is 3.48. The van der Waals surface area contributed by atoms with Crippen molar-refractivity contribution in [2.45, 2.75) is 6.04 Å². The van der Waals surface area contributed by atoms with Crippen molar-refractivity contribution in [1.29, 1.82) is 0 Å². The van der Waals surface area contributed by atoms with Crippen LogP contribution in [0.25, 0.3) is 0 Å². The van der Waals surface area contributed by atoms with Gasteiger partial charge >= 0.3 is 0 Å². The van der Waals surface area contributed by atoms with Crippen molar-refractivity contribution >= 4 is 46.7 Å². The molecular weight excluding hydrogens is 311 g/mol. The van der Waals surface area contributed by atoms with Gasteiger partial charge < -0.3 is 4.90 Å². The predicted molar refractivity (Wildman–Crippen MR) is 91.4 cm³/mol. The van der Waals surface area contributed by atoms with Crippen LogP contribution in [-0.4, -0.2) is 31.2 Å². The predicted octanol–water partition coefficient (Wildman–Crippen LogP) is 4.06. The number of para-hydroxylation sites is 1. The summed E-state index contributed by atoms with van der Waals surface area (Å²) in [6.07, 6.45) is 0. The molecule has 0 saturated carbocycles. The molecule has 0 fully saturated rings. The van der Waals surface area contributed by atoms with E-state index in [9.17, 15) is 0 Å². The summed E-state index contributed by atoms with van der Waals surface area (Å²) in [5, 5.41) is 2.09. The van der Waals surface area contributed by atoms with E-state index in [1.807, 2.05) is 0 Å². The topological polar surface area (TPSA) is 15.6 Å². The number of aliphatic imine (C=N–C) groups is 1. The molecule has 1 aliphatic heterocycles. The van der Waals surface area contributed by atoms with Crippen LogP contribution in [0.15, 0.2) is 46.8 Å². The Bertz CT molecular complexity index is 596. The fraction of sp³-hybridized carbons (Fsp3) is 0.267. The first-order valence-electron chi connectivity index (χ1n) is 6.28. The molecule has 0 saturated heterocycles. The van der Waals surface area contributed by atoms with E-state index in [0.29, 0.717) is 5.88 Å². The minimum atomic E-state index is 0. The lowest BCUT2D eigenvalue weighted by atomic mass is 10.1. The fourth-order valence-corrected chi connectivity index (χ4v) is 3.41. The number of rotatable bonds is 2. The average Bonchev–Trinajstić information content (AvgIpc) is 2.93. The Kier molecular flexibility index (Phi) is 5.08. The quantitative estimate of drug-likeness (QED) is 0.760. The van der Waals surface area contributed by atoms with Crippen LogP contribution in [0.2, 0.25) is 0 Å². The number of hydrogen-bond acceptors (Lipinski definition) is 3. The first-order chi connectivity index (χ1) is 9.31. The summed E-state index contributed by atoms with van der Waals surface area (Å²) in [5.74, 6) is 0.589. The number of likely N-dealkylation sites (N-methyl/N-ethyl adjacent to an activating group) is 1. The van der Waals surface area contributed by atoms with Crippen LogP contribution >= 0.6 is 35.3 Å². The lowest BCUT2D eigenvalue weighted by Gasteiger charge is -2.26. The molecule has 1 aliphatic rings. The summed E-state index contributed by atoms with van der Waals surface area (Å²) >= 11 is 7.81. The van der Waals surface area contributed by atoms with Gasteiger partial charge in [0.1, 0.15) is 0 Å². The SMILES string of the molecule is CN1c2ccccc2C(c2cccs2)=NCC1CCl.Cl. The van der Waals surface area contributed by atoms with E-state index in [4.69, 9.17) is 16.6 Å². The summed E-state index contributed by atoms with van der Waals surface area (Å²) < 4.78 is 0. The molecule has 5 heteroatoms. The Balaban J connectivity index is 0.00000147. The Morgan fingerprint density at radius 1 is 1.30 bits per heavy atom. The summed E-state index contributed by atoms with van der Waals surface area (Å²) in [6.45, 7) is 0.738. The molecule has 2 aromatic rings. The molecule has 2 heterocycles. The zero-order valence-corrected chi connectivity index (χ0v) is 13.5. The largest absolute Gasteiger partial charge is 0.368 e. The molecule has 0 spiro atoms. The van der Waals surface area contributed by atoms with Crippen molar-refractivity contribution < 1.29 is 0 Å². The van der Waals surface area contributed by atoms with Gasteiger partial charge in [-0.15, -0.1) is 35.3 Å². The Labute approximate surface area is 134 Å². The highest BCUT2D eigenvalue weighted by Crippen LogP contribution is 2.29. The molecule has 2 nitrogen and oxygen atoms in total. The molecular formula is C15H16Cl2N2S. The standard InChI is InChI=1S/C15H15ClN2S.ClH/c1-18-11(9-16)10-17-15(14-7-4-8-19-14)12-5-2-3-6-13(12)18;/h2-8,11H,9-10H2,1H3;1H. The zero-order chi connectivity index (χ0) is 13.2. The van der Waals surface area contributed by atoms with Gasteiger partial charge in [-0.25, -0.2) is 0 Å². The Morgan fingerprint density at radius 2 is 2.10 bits per heavy atom. The van der Waals surface area contributed by atoms with Crippen LogP contribution in [0.1, 0.15) is 10.4 Å². The van der Waals surface area contributed by atoms with Crippen LogP contribution < -0.4 is 4.90 Å². The van der Waals surface area contributed by atoms with Gasteiger partial charge in [0.25, 0.3) is 0 Å². The van der Waals surface area contributed by atoms with E-state index >= 15 is 0 Å². The van der Waals surface area contributed by atoms with E-state index < -0.39 is 0 Å². The number of fused-ring (bicyclic) bond motifs is 1. The number of hydrogen-bond donors (Lipinski definition) is 0. The fourth-order valence-electron chi connectivity index (χ4n) is 2.36. The minimum Gasteiger partial charge on any atom is -0.368 e. The van der Waals surface area contributed by atoms with Gasteiger partial charge in [0.05, 0.1) is 23.2 Å². The average molecular weight is 327 g/mol. The van der Waals surface area contributed by atoms with E-state index in [-0.39, 0.29) is 18.4 Å². The first kappa shape index (κ1) is 15.4. The number of nitrogens with zero attached hydrogens (tertiary/aromatic N) is 2. The monoisotopic (exact) mass is 326 g/mol. The number of benzodiazepines with no additional fused rings is 1. The summed E-state index contributed by atoms with van der Waals surface area (Å²) in [4.78, 5) is 8.27. The molecule has 1 atom stereocenters. The van der Waals surface area contributed by atoms with Gasteiger partial charge in [-0.1, -0.05) is 24.3 Å². The van der Waals surface area contributed by atoms with E-state index in [1.54, 1.807) is 11.3 Å². The van der Waals surface area contributed by atoms with Gasteiger partial charge in [0, 0.05) is 24.2 Å². The van der Waals surface area contributed by atoms with Crippen LogP contribution in [0, 0.1) is 0 Å². The van der Waals surface area contributed by atoms with Crippen LogP contribution in [0.4, 0.5) is 5.69 Å². The number of halogens is 2. The summed E-state index contributed by atoms with van der Waals surface area (Å²) in [6, 6.07) is 12.9. The Hall–Kier alpha value is -1.03. The molecule has 20 heavy (non-hydrogen) atoms. The molecule has 1 aromatic carbocycles. The molecule has 1 unspecified atom stereocenters.